The van der Waals surface area contributed by atoms with Crippen LogP contribution in [0.5, 0.6) is 0 Å². The van der Waals surface area contributed by atoms with Gasteiger partial charge < -0.3 is 10.6 Å². The van der Waals surface area contributed by atoms with E-state index in [-0.39, 0.29) is 25.5 Å². The summed E-state index contributed by atoms with van der Waals surface area (Å²) < 4.78 is 67.8. The lowest BCUT2D eigenvalue weighted by Crippen LogP contribution is -2.55. The molecule has 0 radical (unpaired) electrons. The number of sulfonamides is 1. The van der Waals surface area contributed by atoms with Crippen molar-refractivity contribution in [1.29, 1.82) is 0 Å². The Hall–Kier alpha value is -2.96. The monoisotopic (exact) mass is 554 g/mol. The third-order valence-corrected chi connectivity index (χ3v) is 8.61. The highest BCUT2D eigenvalue weighted by molar-refractivity contribution is 7.89. The maximum Gasteiger partial charge on any atom is 0.416 e. The number of piperidine rings is 1. The number of primary amides is 1. The van der Waals surface area contributed by atoms with E-state index in [0.717, 1.165) is 23.8 Å². The van der Waals surface area contributed by atoms with Gasteiger partial charge in [-0.3, -0.25) is 14.9 Å². The lowest BCUT2D eigenvalue weighted by molar-refractivity contribution is -0.138. The summed E-state index contributed by atoms with van der Waals surface area (Å²) in [6.45, 7) is 3.69. The van der Waals surface area contributed by atoms with Crippen LogP contribution >= 0.6 is 0 Å². The first-order valence-electron chi connectivity index (χ1n) is 12.4. The lowest BCUT2D eigenvalue weighted by Gasteiger charge is -2.40. The van der Waals surface area contributed by atoms with Crippen LogP contribution in [0.2, 0.25) is 0 Å². The van der Waals surface area contributed by atoms with Crippen LogP contribution in [-0.4, -0.2) is 67.2 Å². The van der Waals surface area contributed by atoms with Crippen molar-refractivity contribution in [3.05, 3.63) is 65.7 Å². The number of benzene rings is 2. The zero-order valence-electron chi connectivity index (χ0n) is 21.3. The van der Waals surface area contributed by atoms with Gasteiger partial charge in [-0.05, 0) is 56.9 Å². The van der Waals surface area contributed by atoms with E-state index in [1.807, 2.05) is 30.3 Å². The molecule has 12 heteroatoms. The molecule has 2 aromatic carbocycles. The molecule has 0 spiro atoms. The van der Waals surface area contributed by atoms with Gasteiger partial charge in [-0.2, -0.15) is 17.5 Å². The van der Waals surface area contributed by atoms with Crippen molar-refractivity contribution >= 4 is 21.8 Å². The molecular formula is C26H33F3N4O4S. The Kier molecular flexibility index (Phi) is 9.55. The molecule has 1 saturated heterocycles. The number of amides is 2. The van der Waals surface area contributed by atoms with Crippen LogP contribution in [-0.2, 0) is 32.2 Å². The summed E-state index contributed by atoms with van der Waals surface area (Å²) in [5.41, 5.74) is 5.13. The first kappa shape index (κ1) is 29.6. The van der Waals surface area contributed by atoms with Crippen LogP contribution in [0.25, 0.3) is 0 Å². The third-order valence-electron chi connectivity index (χ3n) is 6.49. The molecule has 0 aromatic heterocycles. The molecule has 0 saturated carbocycles. The predicted molar refractivity (Wildman–Crippen MR) is 136 cm³/mol. The van der Waals surface area contributed by atoms with Gasteiger partial charge in [-0.25, -0.2) is 8.42 Å². The predicted octanol–water partition coefficient (Wildman–Crippen LogP) is 2.78. The van der Waals surface area contributed by atoms with Crippen LogP contribution in [0.1, 0.15) is 37.8 Å². The molecule has 1 heterocycles. The van der Waals surface area contributed by atoms with Gasteiger partial charge >= 0.3 is 6.18 Å². The molecule has 1 atom stereocenters. The normalized spacial score (nSPS) is 16.1. The van der Waals surface area contributed by atoms with E-state index < -0.39 is 50.7 Å². The number of hydrogen-bond donors (Lipinski definition) is 2. The molecule has 1 aliphatic rings. The molecule has 2 aromatic rings. The van der Waals surface area contributed by atoms with Gasteiger partial charge in [0, 0.05) is 25.2 Å². The van der Waals surface area contributed by atoms with E-state index in [4.69, 9.17) is 5.73 Å². The summed E-state index contributed by atoms with van der Waals surface area (Å²) in [5.74, 6) is -0.827. The number of rotatable bonds is 10. The third kappa shape index (κ3) is 7.33. The topological polar surface area (TPSA) is 113 Å². The Morgan fingerprint density at radius 2 is 1.71 bits per heavy atom. The van der Waals surface area contributed by atoms with Gasteiger partial charge in [-0.1, -0.05) is 36.4 Å². The molecule has 208 valence electrons. The summed E-state index contributed by atoms with van der Waals surface area (Å²) >= 11 is 0. The minimum atomic E-state index is -4.67. The number of likely N-dealkylation sites (tertiary alicyclic amines) is 1. The largest absolute Gasteiger partial charge is 0.416 e. The van der Waals surface area contributed by atoms with Crippen LogP contribution in [0.4, 0.5) is 13.2 Å². The van der Waals surface area contributed by atoms with E-state index >= 15 is 0 Å². The summed E-state index contributed by atoms with van der Waals surface area (Å²) in [6.07, 6.45) is -3.69. The molecule has 0 bridgehead atoms. The Bertz CT molecular complexity index is 1210. The average molecular weight is 555 g/mol. The second kappa shape index (κ2) is 12.3. The molecule has 1 fully saturated rings. The summed E-state index contributed by atoms with van der Waals surface area (Å²) in [5, 5.41) is 2.92. The van der Waals surface area contributed by atoms with Crippen molar-refractivity contribution in [2.45, 2.75) is 62.3 Å². The van der Waals surface area contributed by atoms with E-state index in [1.165, 1.54) is 4.31 Å². The standard InChI is InChI=1S/C26H33F3N4O4S/c1-18(2)33(38(36,37)22-10-6-9-20(16-22)26(27,28)29)21-11-13-32(14-12-21)25(35)23(31-17-24(30)34)15-19-7-4-3-5-8-19/h3-10,16,18,21,23,31H,11-15,17H2,1-2H3,(H2,30,34)/t23-/m0/s1. The summed E-state index contributed by atoms with van der Waals surface area (Å²) in [6, 6.07) is 11.3. The second-order valence-corrected chi connectivity index (χ2v) is 11.4. The van der Waals surface area contributed by atoms with Crippen molar-refractivity contribution in [3.8, 4) is 0 Å². The Labute approximate surface area is 221 Å². The maximum absolute atomic E-state index is 13.5. The quantitative estimate of drug-likeness (QED) is 0.469. The van der Waals surface area contributed by atoms with E-state index in [0.29, 0.717) is 25.3 Å². The van der Waals surface area contributed by atoms with Crippen molar-refractivity contribution in [2.75, 3.05) is 19.6 Å². The molecule has 3 rings (SSSR count). The van der Waals surface area contributed by atoms with E-state index in [1.54, 1.807) is 18.7 Å². The highest BCUT2D eigenvalue weighted by atomic mass is 32.2. The first-order chi connectivity index (χ1) is 17.8. The van der Waals surface area contributed by atoms with Crippen LogP contribution < -0.4 is 11.1 Å². The molecule has 3 N–H and O–H groups in total. The van der Waals surface area contributed by atoms with Crippen LogP contribution in [0.15, 0.2) is 59.5 Å². The van der Waals surface area contributed by atoms with Crippen molar-refractivity contribution in [3.63, 3.8) is 0 Å². The molecular weight excluding hydrogens is 521 g/mol. The maximum atomic E-state index is 13.5. The number of carbonyl (C=O) groups is 2. The Balaban J connectivity index is 1.75. The number of alkyl halides is 3. The number of nitrogens with one attached hydrogen (secondary N) is 1. The van der Waals surface area contributed by atoms with Crippen LogP contribution in [0, 0.1) is 0 Å². The zero-order valence-corrected chi connectivity index (χ0v) is 22.1. The van der Waals surface area contributed by atoms with Gasteiger partial charge in [0.15, 0.2) is 0 Å². The minimum Gasteiger partial charge on any atom is -0.369 e. The second-order valence-electron chi connectivity index (χ2n) is 9.60. The highest BCUT2D eigenvalue weighted by Gasteiger charge is 2.39. The van der Waals surface area contributed by atoms with Gasteiger partial charge in [-0.15, -0.1) is 0 Å². The molecule has 0 aliphatic carbocycles. The summed E-state index contributed by atoms with van der Waals surface area (Å²) in [7, 11) is -4.23. The minimum absolute atomic E-state index is 0.171. The SMILES string of the molecule is CC(C)N(C1CCN(C(=O)[C@H](Cc2ccccc2)NCC(N)=O)CC1)S(=O)(=O)c1cccc(C(F)(F)F)c1. The van der Waals surface area contributed by atoms with Crippen molar-refractivity contribution < 1.29 is 31.2 Å². The van der Waals surface area contributed by atoms with Crippen molar-refractivity contribution in [2.24, 2.45) is 5.73 Å². The van der Waals surface area contributed by atoms with Crippen molar-refractivity contribution in [1.82, 2.24) is 14.5 Å². The number of nitrogens with two attached hydrogens (primary N) is 1. The number of carbonyl (C=O) groups excluding carboxylic acids is 2. The van der Waals surface area contributed by atoms with Gasteiger partial charge in [0.05, 0.1) is 23.0 Å². The fourth-order valence-electron chi connectivity index (χ4n) is 4.73. The fourth-order valence-corrected chi connectivity index (χ4v) is 6.66. The lowest BCUT2D eigenvalue weighted by atomic mass is 10.0. The number of halogens is 3. The number of hydrogen-bond acceptors (Lipinski definition) is 5. The summed E-state index contributed by atoms with van der Waals surface area (Å²) in [4.78, 5) is 25.9. The molecule has 38 heavy (non-hydrogen) atoms. The average Bonchev–Trinajstić information content (AvgIpc) is 2.86. The molecule has 8 nitrogen and oxygen atoms in total. The fraction of sp³-hybridized carbons (Fsp3) is 0.462. The van der Waals surface area contributed by atoms with Gasteiger partial charge in [0.25, 0.3) is 0 Å². The Morgan fingerprint density at radius 3 is 2.26 bits per heavy atom. The zero-order chi connectivity index (χ0) is 28.1. The van der Waals surface area contributed by atoms with Gasteiger partial charge in [0.2, 0.25) is 21.8 Å². The van der Waals surface area contributed by atoms with Gasteiger partial charge in [0.1, 0.15) is 0 Å². The van der Waals surface area contributed by atoms with E-state index in [9.17, 15) is 31.2 Å². The highest BCUT2D eigenvalue weighted by Crippen LogP contribution is 2.33. The van der Waals surface area contributed by atoms with Crippen LogP contribution in [0.3, 0.4) is 0 Å². The Morgan fingerprint density at radius 1 is 1.08 bits per heavy atom. The molecule has 1 aliphatic heterocycles. The molecule has 2 amide bonds. The number of nitrogens with zero attached hydrogens (tertiary/aromatic N) is 2. The first-order valence-corrected chi connectivity index (χ1v) is 13.8. The van der Waals surface area contributed by atoms with E-state index in [2.05, 4.69) is 5.32 Å². The smallest absolute Gasteiger partial charge is 0.369 e. The molecule has 0 unspecified atom stereocenters.